The number of unbranched alkanes of at least 4 members (excludes halogenated alkanes) is 27. The molecule has 1 saturated heterocycles. The van der Waals surface area contributed by atoms with Crippen LogP contribution in [0, 0.1) is 0 Å². The van der Waals surface area contributed by atoms with E-state index in [9.17, 15) is 34.5 Å². The summed E-state index contributed by atoms with van der Waals surface area (Å²) < 4.78 is 28.4. The van der Waals surface area contributed by atoms with Gasteiger partial charge in [-0.15, -0.1) is 0 Å². The molecule has 0 amide bonds. The predicted molar refractivity (Wildman–Crippen MR) is 303 cm³/mol. The quantitative estimate of drug-likeness (QED) is 0.0228. The first kappa shape index (κ1) is 69.4. The molecular formula is C63H108O12. The standard InChI is InChI=1S/C63H108O12/c1-4-7-10-13-16-19-22-25-26-27-28-29-30-33-34-37-40-43-46-49-55(64)71-52-54(73-56(65)50-47-44-41-38-35-31-23-20-17-14-11-8-5-2)53-72-63-61(59(68)58(67)60(75-63)62(69)70)74-57(66)51-48-45-42-39-36-32-24-21-18-15-12-9-6-3/h16,19-21,23-26,28-29,54,58-61,63,67-68H,4-15,17-18,22,27,30-53H2,1-3H3,(H,69,70)/b19-16-,23-20-,24-21-,26-25-,29-28-. The zero-order chi connectivity index (χ0) is 54.7. The zero-order valence-corrected chi connectivity index (χ0v) is 47.5. The van der Waals surface area contributed by atoms with Crippen molar-refractivity contribution in [2.24, 2.45) is 0 Å². The number of ether oxygens (including phenoxy) is 5. The van der Waals surface area contributed by atoms with Crippen LogP contribution < -0.4 is 0 Å². The molecule has 1 heterocycles. The first-order chi connectivity index (χ1) is 36.6. The van der Waals surface area contributed by atoms with Gasteiger partial charge in [0.05, 0.1) is 6.61 Å². The third-order valence-corrected chi connectivity index (χ3v) is 13.5. The zero-order valence-electron chi connectivity index (χ0n) is 47.5. The van der Waals surface area contributed by atoms with Crippen molar-refractivity contribution in [3.05, 3.63) is 60.8 Å². The molecule has 3 N–H and O–H groups in total. The number of aliphatic hydroxyl groups is 2. The summed E-state index contributed by atoms with van der Waals surface area (Å²) in [7, 11) is 0. The number of carboxylic acid groups (broad SMARTS) is 1. The third-order valence-electron chi connectivity index (χ3n) is 13.5. The summed E-state index contributed by atoms with van der Waals surface area (Å²) in [6.07, 6.45) is 50.4. The molecular weight excluding hydrogens is 949 g/mol. The molecule has 0 aliphatic carbocycles. The van der Waals surface area contributed by atoms with E-state index in [0.29, 0.717) is 19.3 Å². The van der Waals surface area contributed by atoms with Crippen LogP contribution in [0.3, 0.4) is 0 Å². The van der Waals surface area contributed by atoms with Gasteiger partial charge in [0.15, 0.2) is 24.6 Å². The van der Waals surface area contributed by atoms with Crippen molar-refractivity contribution in [2.45, 2.75) is 302 Å². The van der Waals surface area contributed by atoms with Crippen LogP contribution in [0.25, 0.3) is 0 Å². The largest absolute Gasteiger partial charge is 0.479 e. The van der Waals surface area contributed by atoms with E-state index in [2.05, 4.69) is 81.5 Å². The maximum absolute atomic E-state index is 13.1. The van der Waals surface area contributed by atoms with Gasteiger partial charge in [0.2, 0.25) is 0 Å². The molecule has 0 aromatic rings. The molecule has 12 heteroatoms. The van der Waals surface area contributed by atoms with Crippen LogP contribution in [0.4, 0.5) is 0 Å². The van der Waals surface area contributed by atoms with E-state index in [1.807, 2.05) is 0 Å². The van der Waals surface area contributed by atoms with Crippen LogP contribution in [0.2, 0.25) is 0 Å². The monoisotopic (exact) mass is 1060 g/mol. The van der Waals surface area contributed by atoms with Crippen molar-refractivity contribution in [1.29, 1.82) is 0 Å². The molecule has 0 saturated carbocycles. The number of aliphatic hydroxyl groups excluding tert-OH is 2. The fraction of sp³-hybridized carbons (Fsp3) is 0.778. The van der Waals surface area contributed by atoms with Crippen LogP contribution in [0.5, 0.6) is 0 Å². The number of hydrogen-bond acceptors (Lipinski definition) is 11. The molecule has 0 aromatic carbocycles. The number of carbonyl (C=O) groups excluding carboxylic acids is 3. The Hall–Kier alpha value is -3.58. The molecule has 12 nitrogen and oxygen atoms in total. The molecule has 1 fully saturated rings. The second kappa shape index (κ2) is 51.2. The van der Waals surface area contributed by atoms with Crippen molar-refractivity contribution >= 4 is 23.9 Å². The topological polar surface area (TPSA) is 175 Å². The Labute approximate surface area is 456 Å². The Morgan fingerprint density at radius 3 is 1.25 bits per heavy atom. The van der Waals surface area contributed by atoms with Gasteiger partial charge in [-0.25, -0.2) is 4.79 Å². The van der Waals surface area contributed by atoms with Crippen molar-refractivity contribution in [1.82, 2.24) is 0 Å². The van der Waals surface area contributed by atoms with Gasteiger partial charge in [-0.05, 0) is 109 Å². The molecule has 0 radical (unpaired) electrons. The van der Waals surface area contributed by atoms with E-state index in [1.54, 1.807) is 0 Å². The first-order valence-electron chi connectivity index (χ1n) is 30.3. The highest BCUT2D eigenvalue weighted by atomic mass is 16.7. The molecule has 432 valence electrons. The van der Waals surface area contributed by atoms with E-state index in [1.165, 1.54) is 77.0 Å². The van der Waals surface area contributed by atoms with Gasteiger partial charge in [-0.3, -0.25) is 14.4 Å². The Morgan fingerprint density at radius 2 is 0.800 bits per heavy atom. The summed E-state index contributed by atoms with van der Waals surface area (Å²) in [6, 6.07) is 0. The molecule has 1 aliphatic rings. The van der Waals surface area contributed by atoms with E-state index >= 15 is 0 Å². The second-order valence-electron chi connectivity index (χ2n) is 20.6. The third kappa shape index (κ3) is 41.2. The maximum Gasteiger partial charge on any atom is 0.335 e. The smallest absolute Gasteiger partial charge is 0.335 e. The molecule has 6 atom stereocenters. The van der Waals surface area contributed by atoms with Gasteiger partial charge in [0.1, 0.15) is 18.8 Å². The number of allylic oxidation sites excluding steroid dienone is 10. The number of esters is 3. The minimum absolute atomic E-state index is 0.0479. The molecule has 0 spiro atoms. The lowest BCUT2D eigenvalue weighted by atomic mass is 9.98. The number of aliphatic carboxylic acids is 1. The second-order valence-corrected chi connectivity index (χ2v) is 20.6. The highest BCUT2D eigenvalue weighted by Gasteiger charge is 2.50. The lowest BCUT2D eigenvalue weighted by molar-refractivity contribution is -0.301. The summed E-state index contributed by atoms with van der Waals surface area (Å²) in [5, 5.41) is 31.5. The van der Waals surface area contributed by atoms with E-state index in [-0.39, 0.29) is 25.9 Å². The minimum Gasteiger partial charge on any atom is -0.479 e. The number of rotatable bonds is 51. The summed E-state index contributed by atoms with van der Waals surface area (Å²) in [5.74, 6) is -3.15. The summed E-state index contributed by atoms with van der Waals surface area (Å²) in [5.41, 5.74) is 0. The van der Waals surface area contributed by atoms with Crippen molar-refractivity contribution in [3.63, 3.8) is 0 Å². The Bertz CT molecular complexity index is 1540. The maximum atomic E-state index is 13.1. The average molecular weight is 1060 g/mol. The highest BCUT2D eigenvalue weighted by Crippen LogP contribution is 2.26. The lowest BCUT2D eigenvalue weighted by Crippen LogP contribution is -2.61. The van der Waals surface area contributed by atoms with Crippen LogP contribution >= 0.6 is 0 Å². The van der Waals surface area contributed by atoms with Crippen LogP contribution in [-0.2, 0) is 42.9 Å². The molecule has 0 aromatic heterocycles. The van der Waals surface area contributed by atoms with Crippen LogP contribution in [0.1, 0.15) is 265 Å². The van der Waals surface area contributed by atoms with Gasteiger partial charge in [0.25, 0.3) is 0 Å². The number of hydrogen-bond donors (Lipinski definition) is 3. The fourth-order valence-electron chi connectivity index (χ4n) is 8.83. The highest BCUT2D eigenvalue weighted by molar-refractivity contribution is 5.74. The molecule has 1 aliphatic heterocycles. The lowest BCUT2D eigenvalue weighted by Gasteiger charge is -2.40. The van der Waals surface area contributed by atoms with Crippen LogP contribution in [-0.4, -0.2) is 89.2 Å². The Morgan fingerprint density at radius 1 is 0.440 bits per heavy atom. The van der Waals surface area contributed by atoms with Gasteiger partial charge in [-0.1, -0.05) is 197 Å². The van der Waals surface area contributed by atoms with E-state index in [0.717, 1.165) is 128 Å². The van der Waals surface area contributed by atoms with Gasteiger partial charge >= 0.3 is 23.9 Å². The van der Waals surface area contributed by atoms with Crippen molar-refractivity contribution in [3.8, 4) is 0 Å². The van der Waals surface area contributed by atoms with Crippen molar-refractivity contribution < 1.29 is 58.2 Å². The summed E-state index contributed by atoms with van der Waals surface area (Å²) in [6.45, 7) is 5.92. The van der Waals surface area contributed by atoms with Crippen molar-refractivity contribution in [2.75, 3.05) is 13.2 Å². The van der Waals surface area contributed by atoms with Gasteiger partial charge < -0.3 is 39.0 Å². The van der Waals surface area contributed by atoms with Gasteiger partial charge in [0, 0.05) is 19.3 Å². The molecule has 6 unspecified atom stereocenters. The fourth-order valence-corrected chi connectivity index (χ4v) is 8.83. The Kier molecular flexibility index (Phi) is 47.4. The Balaban J connectivity index is 2.69. The number of carboxylic acids is 1. The number of carbonyl (C=O) groups is 4. The molecule has 0 bridgehead atoms. The van der Waals surface area contributed by atoms with E-state index in [4.69, 9.17) is 23.7 Å². The SMILES string of the molecule is CCCCC/C=C\C/C=C\C/C=C\CCCCCCCCC(=O)OCC(COC1OC(C(=O)O)C(O)C(O)C1OC(=O)CCCCCCC/C=C\CCCCCC)OC(=O)CCCCCCC/C=C\CCCCCC. The van der Waals surface area contributed by atoms with Gasteiger partial charge in [-0.2, -0.15) is 0 Å². The average Bonchev–Trinajstić information content (AvgIpc) is 3.39. The normalized spacial score (nSPS) is 18.5. The predicted octanol–water partition coefficient (Wildman–Crippen LogP) is 15.6. The van der Waals surface area contributed by atoms with E-state index < -0.39 is 67.3 Å². The molecule has 1 rings (SSSR count). The minimum atomic E-state index is -1.91. The summed E-state index contributed by atoms with van der Waals surface area (Å²) >= 11 is 0. The first-order valence-corrected chi connectivity index (χ1v) is 30.3. The summed E-state index contributed by atoms with van der Waals surface area (Å²) in [4.78, 5) is 51.1. The van der Waals surface area contributed by atoms with Crippen LogP contribution in [0.15, 0.2) is 60.8 Å². The molecule has 75 heavy (non-hydrogen) atoms.